The third-order valence-corrected chi connectivity index (χ3v) is 6.96. The maximum atomic E-state index is 13.2. The second-order valence-corrected chi connectivity index (χ2v) is 9.58. The second kappa shape index (κ2) is 8.88. The molecule has 6 rings (SSSR count). The maximum Gasteiger partial charge on any atom is 0.259 e. The Bertz CT molecular complexity index is 1160. The molecule has 2 saturated carbocycles. The van der Waals surface area contributed by atoms with Gasteiger partial charge in [0.1, 0.15) is 5.75 Å². The van der Waals surface area contributed by atoms with E-state index < -0.39 is 0 Å². The minimum absolute atomic E-state index is 0.128. The van der Waals surface area contributed by atoms with Gasteiger partial charge in [0.15, 0.2) is 0 Å². The van der Waals surface area contributed by atoms with Gasteiger partial charge in [0.25, 0.3) is 5.91 Å². The number of fused-ring (bicyclic) bond motifs is 2. The molecule has 0 radical (unpaired) electrons. The first-order chi connectivity index (χ1) is 16.5. The standard InChI is InChI=1S/C25H30N4O5/c1-17(5-4-8-26-16-30)27-23(31)20-9-18-11-29(24-12-25(13-24,15-32-2)33-14-24)28-21(18)10-22(20)34-19-6-3-7-19/h4-5,8-11,16,19H,3,6-7,12-15H2,1-2H3,(H,26,30)(H,27,31)/b8-4-,17-5+. The average Bonchev–Trinajstić information content (AvgIpc) is 3.44. The van der Waals surface area contributed by atoms with Crippen LogP contribution in [0.4, 0.5) is 0 Å². The summed E-state index contributed by atoms with van der Waals surface area (Å²) in [5.41, 5.74) is 1.56. The summed E-state index contributed by atoms with van der Waals surface area (Å²) in [7, 11) is 1.70. The normalized spacial score (nSPS) is 26.4. The lowest BCUT2D eigenvalue weighted by molar-refractivity contribution is -0.108. The summed E-state index contributed by atoms with van der Waals surface area (Å²) >= 11 is 0. The van der Waals surface area contributed by atoms with Crippen LogP contribution in [0.5, 0.6) is 5.75 Å². The van der Waals surface area contributed by atoms with Crippen molar-refractivity contribution in [2.45, 2.75) is 56.3 Å². The van der Waals surface area contributed by atoms with E-state index in [0.29, 0.717) is 36.6 Å². The minimum Gasteiger partial charge on any atom is -0.490 e. The van der Waals surface area contributed by atoms with Crippen LogP contribution in [-0.4, -0.2) is 54.1 Å². The molecular formula is C25H30N4O5. The molecule has 1 aromatic heterocycles. The molecule has 2 amide bonds. The Labute approximate surface area is 198 Å². The monoisotopic (exact) mass is 466 g/mol. The zero-order valence-corrected chi connectivity index (χ0v) is 19.5. The summed E-state index contributed by atoms with van der Waals surface area (Å²) in [5, 5.41) is 11.1. The number of aromatic nitrogens is 2. The Morgan fingerprint density at radius 2 is 2.18 bits per heavy atom. The quantitative estimate of drug-likeness (QED) is 0.412. The zero-order chi connectivity index (χ0) is 23.8. The molecule has 2 aromatic rings. The van der Waals surface area contributed by atoms with Crippen molar-refractivity contribution in [3.63, 3.8) is 0 Å². The summed E-state index contributed by atoms with van der Waals surface area (Å²) in [5.74, 6) is 0.299. The van der Waals surface area contributed by atoms with Crippen LogP contribution in [0.25, 0.3) is 10.9 Å². The van der Waals surface area contributed by atoms with Crippen LogP contribution in [0.3, 0.4) is 0 Å². The van der Waals surface area contributed by atoms with Crippen LogP contribution < -0.4 is 15.4 Å². The van der Waals surface area contributed by atoms with E-state index in [2.05, 4.69) is 10.6 Å². The van der Waals surface area contributed by atoms with Crippen LogP contribution in [0.1, 0.15) is 49.4 Å². The molecule has 0 unspecified atom stereocenters. The van der Waals surface area contributed by atoms with E-state index in [1.54, 1.807) is 26.2 Å². The summed E-state index contributed by atoms with van der Waals surface area (Å²) in [6, 6.07) is 3.73. The number of carbonyl (C=O) groups excluding carboxylic acids is 2. The van der Waals surface area contributed by atoms with E-state index in [4.69, 9.17) is 19.3 Å². The number of methoxy groups -OCH3 is 1. The van der Waals surface area contributed by atoms with Gasteiger partial charge in [0.05, 0.1) is 41.5 Å². The minimum atomic E-state index is -0.250. The van der Waals surface area contributed by atoms with E-state index in [1.165, 1.54) is 6.20 Å². The van der Waals surface area contributed by atoms with Crippen LogP contribution in [-0.2, 0) is 19.8 Å². The van der Waals surface area contributed by atoms with Crippen LogP contribution in [0.2, 0.25) is 0 Å². The molecule has 34 heavy (non-hydrogen) atoms. The molecule has 9 heteroatoms. The van der Waals surface area contributed by atoms with Gasteiger partial charge >= 0.3 is 0 Å². The van der Waals surface area contributed by atoms with E-state index in [1.807, 2.05) is 23.0 Å². The van der Waals surface area contributed by atoms with Gasteiger partial charge in [-0.2, -0.15) is 5.10 Å². The molecule has 2 bridgehead atoms. The van der Waals surface area contributed by atoms with Crippen LogP contribution in [0, 0.1) is 0 Å². The van der Waals surface area contributed by atoms with Crippen molar-refractivity contribution in [2.75, 3.05) is 20.3 Å². The number of ether oxygens (including phenoxy) is 3. The molecule has 180 valence electrons. The molecular weight excluding hydrogens is 436 g/mol. The predicted molar refractivity (Wildman–Crippen MR) is 125 cm³/mol. The predicted octanol–water partition coefficient (Wildman–Crippen LogP) is 2.77. The highest BCUT2D eigenvalue weighted by molar-refractivity contribution is 6.01. The highest BCUT2D eigenvalue weighted by atomic mass is 16.6. The lowest BCUT2D eigenvalue weighted by Gasteiger charge is -2.43. The van der Waals surface area contributed by atoms with Crippen molar-refractivity contribution in [1.82, 2.24) is 20.4 Å². The fourth-order valence-electron chi connectivity index (χ4n) is 5.09. The van der Waals surface area contributed by atoms with Crippen molar-refractivity contribution in [3.05, 3.63) is 47.9 Å². The number of hydrogen-bond donors (Lipinski definition) is 2. The first kappa shape index (κ1) is 22.6. The van der Waals surface area contributed by atoms with Crippen molar-refractivity contribution in [3.8, 4) is 5.75 Å². The van der Waals surface area contributed by atoms with Crippen molar-refractivity contribution >= 4 is 23.2 Å². The molecule has 1 aromatic carbocycles. The van der Waals surface area contributed by atoms with Crippen LogP contribution in [0.15, 0.2) is 42.4 Å². The number of amides is 2. The van der Waals surface area contributed by atoms with Gasteiger partial charge in [-0.15, -0.1) is 0 Å². The molecule has 0 spiro atoms. The van der Waals surface area contributed by atoms with Crippen molar-refractivity contribution < 1.29 is 23.8 Å². The van der Waals surface area contributed by atoms with Gasteiger partial charge in [-0.05, 0) is 44.4 Å². The molecule has 9 nitrogen and oxygen atoms in total. The van der Waals surface area contributed by atoms with E-state index >= 15 is 0 Å². The first-order valence-corrected chi connectivity index (χ1v) is 11.6. The molecule has 2 aliphatic carbocycles. The van der Waals surface area contributed by atoms with Gasteiger partial charge in [0.2, 0.25) is 6.41 Å². The molecule has 2 aliphatic heterocycles. The maximum absolute atomic E-state index is 13.2. The number of nitrogens with one attached hydrogen (secondary N) is 2. The van der Waals surface area contributed by atoms with E-state index in [-0.39, 0.29) is 23.2 Å². The summed E-state index contributed by atoms with van der Waals surface area (Å²) in [4.78, 5) is 23.5. The molecule has 2 saturated heterocycles. The lowest BCUT2D eigenvalue weighted by atomic mass is 9.69. The number of hydrogen-bond acceptors (Lipinski definition) is 6. The Morgan fingerprint density at radius 3 is 2.88 bits per heavy atom. The highest BCUT2D eigenvalue weighted by Gasteiger charge is 2.64. The summed E-state index contributed by atoms with van der Waals surface area (Å²) in [6.45, 7) is 2.99. The Balaban J connectivity index is 1.41. The SMILES string of the molecule is COCC12CC(n3cc4cc(C(=O)N/C(C)=C/C=C\NC=O)c(OC5CCC5)cc4n3)(CO1)C2. The van der Waals surface area contributed by atoms with Gasteiger partial charge in [-0.25, -0.2) is 0 Å². The Morgan fingerprint density at radius 1 is 1.35 bits per heavy atom. The molecule has 4 fully saturated rings. The fourth-order valence-corrected chi connectivity index (χ4v) is 5.09. The van der Waals surface area contributed by atoms with Crippen molar-refractivity contribution in [1.29, 1.82) is 0 Å². The van der Waals surface area contributed by atoms with Crippen LogP contribution >= 0.6 is 0 Å². The van der Waals surface area contributed by atoms with Crippen molar-refractivity contribution in [2.24, 2.45) is 0 Å². The second-order valence-electron chi connectivity index (χ2n) is 9.58. The number of carbonyl (C=O) groups is 2. The smallest absolute Gasteiger partial charge is 0.259 e. The number of rotatable bonds is 10. The molecule has 4 aliphatic rings. The van der Waals surface area contributed by atoms with Gasteiger partial charge < -0.3 is 24.8 Å². The average molecular weight is 467 g/mol. The number of allylic oxidation sites excluding steroid dienone is 3. The van der Waals surface area contributed by atoms with Gasteiger partial charge in [0, 0.05) is 49.5 Å². The first-order valence-electron chi connectivity index (χ1n) is 11.6. The Hall–Kier alpha value is -3.17. The number of nitrogens with zero attached hydrogens (tertiary/aromatic N) is 2. The van der Waals surface area contributed by atoms with Gasteiger partial charge in [-0.1, -0.05) is 0 Å². The molecule has 0 atom stereocenters. The molecule has 3 heterocycles. The lowest BCUT2D eigenvalue weighted by Crippen LogP contribution is -2.53. The van der Waals surface area contributed by atoms with E-state index in [9.17, 15) is 9.59 Å². The number of benzene rings is 1. The summed E-state index contributed by atoms with van der Waals surface area (Å²) < 4.78 is 19.6. The third-order valence-electron chi connectivity index (χ3n) is 6.96. The molecule has 2 N–H and O–H groups in total. The highest BCUT2D eigenvalue weighted by Crippen LogP contribution is 2.56. The fraction of sp³-hybridized carbons (Fsp3) is 0.480. The largest absolute Gasteiger partial charge is 0.490 e. The Kier molecular flexibility index (Phi) is 5.91. The third kappa shape index (κ3) is 4.10. The van der Waals surface area contributed by atoms with E-state index in [0.717, 1.165) is 43.0 Å². The van der Waals surface area contributed by atoms with Gasteiger partial charge in [-0.3, -0.25) is 14.3 Å². The zero-order valence-electron chi connectivity index (χ0n) is 19.5. The topological polar surface area (TPSA) is 104 Å². The summed E-state index contributed by atoms with van der Waals surface area (Å²) in [6.07, 6.45) is 12.4.